The molecular formula is C26H29N5O2. The van der Waals surface area contributed by atoms with Crippen molar-refractivity contribution in [2.75, 3.05) is 23.3 Å². The minimum atomic E-state index is -0.492. The molecule has 7 nitrogen and oxygen atoms in total. The first-order chi connectivity index (χ1) is 15.7. The number of carbonyl (C=O) groups is 1. The molecular weight excluding hydrogens is 414 g/mol. The smallest absolute Gasteiger partial charge is 0.257 e. The van der Waals surface area contributed by atoms with E-state index in [1.165, 1.54) is 0 Å². The van der Waals surface area contributed by atoms with Crippen LogP contribution < -0.4 is 21.5 Å². The van der Waals surface area contributed by atoms with Crippen molar-refractivity contribution in [3.63, 3.8) is 0 Å². The lowest BCUT2D eigenvalue weighted by molar-refractivity contribution is 0.102. The average molecular weight is 444 g/mol. The van der Waals surface area contributed by atoms with Crippen LogP contribution in [-0.2, 0) is 5.54 Å². The Bertz CT molecular complexity index is 1440. The second-order valence-electron chi connectivity index (χ2n) is 9.56. The molecule has 0 aliphatic carbocycles. The van der Waals surface area contributed by atoms with Crippen LogP contribution in [0.5, 0.6) is 0 Å². The van der Waals surface area contributed by atoms with Crippen molar-refractivity contribution in [1.29, 1.82) is 0 Å². The van der Waals surface area contributed by atoms with Crippen molar-refractivity contribution in [2.45, 2.75) is 39.2 Å². The van der Waals surface area contributed by atoms with Crippen LogP contribution in [0.2, 0.25) is 0 Å². The van der Waals surface area contributed by atoms with Gasteiger partial charge in [-0.2, -0.15) is 0 Å². The summed E-state index contributed by atoms with van der Waals surface area (Å²) < 4.78 is 0. The van der Waals surface area contributed by atoms with E-state index in [-0.39, 0.29) is 11.5 Å². The van der Waals surface area contributed by atoms with Gasteiger partial charge in [0.1, 0.15) is 0 Å². The van der Waals surface area contributed by atoms with Gasteiger partial charge in [0.25, 0.3) is 5.91 Å². The van der Waals surface area contributed by atoms with E-state index >= 15 is 0 Å². The third-order valence-electron chi connectivity index (χ3n) is 6.49. The lowest BCUT2D eigenvalue weighted by Crippen LogP contribution is -2.28. The number of H-pyrrole nitrogens is 2. The Balaban J connectivity index is 1.57. The highest BCUT2D eigenvalue weighted by Gasteiger charge is 2.25. The zero-order chi connectivity index (χ0) is 23.3. The number of rotatable bonds is 4. The molecule has 5 N–H and O–H groups in total. The number of aryl methyl sites for hydroxylation is 1. The van der Waals surface area contributed by atoms with Crippen molar-refractivity contribution in [2.24, 2.45) is 5.73 Å². The van der Waals surface area contributed by atoms with Crippen LogP contribution in [0.25, 0.3) is 21.8 Å². The summed E-state index contributed by atoms with van der Waals surface area (Å²) in [4.78, 5) is 33.6. The number of benzene rings is 2. The summed E-state index contributed by atoms with van der Waals surface area (Å²) in [6.45, 7) is 7.73. The van der Waals surface area contributed by atoms with E-state index in [1.54, 1.807) is 6.07 Å². The molecule has 1 amide bonds. The van der Waals surface area contributed by atoms with E-state index in [9.17, 15) is 9.59 Å². The molecule has 5 rings (SSSR count). The average Bonchev–Trinajstić information content (AvgIpc) is 3.42. The number of nitrogens with two attached hydrogens (primary N) is 1. The van der Waals surface area contributed by atoms with Crippen LogP contribution in [0.3, 0.4) is 0 Å². The van der Waals surface area contributed by atoms with E-state index in [4.69, 9.17) is 5.73 Å². The van der Waals surface area contributed by atoms with Gasteiger partial charge in [0.05, 0.1) is 11.3 Å². The number of carbonyl (C=O) groups excluding carboxylic acids is 1. The molecule has 0 bridgehead atoms. The maximum Gasteiger partial charge on any atom is 0.257 e. The number of hydrogen-bond donors (Lipinski definition) is 4. The molecule has 3 heterocycles. The SMILES string of the molecule is Cc1cc(=O)[nH]c2ccc(NC(=O)c3cc4[nH]cc(C(C)(C)N)c4cc3N3CCCC3)cc12. The van der Waals surface area contributed by atoms with Gasteiger partial charge in [0, 0.05) is 58.4 Å². The summed E-state index contributed by atoms with van der Waals surface area (Å²) in [7, 11) is 0. The van der Waals surface area contributed by atoms with Gasteiger partial charge in [0.2, 0.25) is 5.56 Å². The highest BCUT2D eigenvalue weighted by atomic mass is 16.1. The van der Waals surface area contributed by atoms with Gasteiger partial charge in [-0.15, -0.1) is 0 Å². The van der Waals surface area contributed by atoms with Crippen molar-refractivity contribution >= 4 is 39.1 Å². The summed E-state index contributed by atoms with van der Waals surface area (Å²) in [6.07, 6.45) is 4.17. The largest absolute Gasteiger partial charge is 0.371 e. The number of nitrogens with one attached hydrogen (secondary N) is 3. The zero-order valence-electron chi connectivity index (χ0n) is 19.2. The van der Waals surface area contributed by atoms with Crippen LogP contribution in [0, 0.1) is 6.92 Å². The maximum absolute atomic E-state index is 13.5. The monoisotopic (exact) mass is 443 g/mol. The minimum absolute atomic E-state index is 0.133. The lowest BCUT2D eigenvalue weighted by Gasteiger charge is -2.23. The number of nitrogens with zero attached hydrogens (tertiary/aromatic N) is 1. The molecule has 0 radical (unpaired) electrons. The summed E-state index contributed by atoms with van der Waals surface area (Å²) in [6, 6.07) is 11.1. The predicted octanol–water partition coefficient (Wildman–Crippen LogP) is 4.36. The zero-order valence-corrected chi connectivity index (χ0v) is 19.2. The molecule has 33 heavy (non-hydrogen) atoms. The molecule has 2 aromatic carbocycles. The highest BCUT2D eigenvalue weighted by molar-refractivity contribution is 6.11. The molecule has 1 saturated heterocycles. The van der Waals surface area contributed by atoms with Crippen molar-refractivity contribution in [1.82, 2.24) is 9.97 Å². The molecule has 1 aliphatic rings. The molecule has 4 aromatic rings. The first kappa shape index (κ1) is 21.3. The van der Waals surface area contributed by atoms with Gasteiger partial charge >= 0.3 is 0 Å². The summed E-state index contributed by atoms with van der Waals surface area (Å²) >= 11 is 0. The second kappa shape index (κ2) is 7.78. The number of aromatic nitrogens is 2. The summed E-state index contributed by atoms with van der Waals surface area (Å²) in [5, 5.41) is 5.01. The van der Waals surface area contributed by atoms with Crippen LogP contribution >= 0.6 is 0 Å². The standard InChI is InChI=1S/C26H29N5O2/c1-15-10-24(32)30-21-7-6-16(11-17(15)21)29-25(33)19-12-22-18(20(14-28-22)26(2,3)27)13-23(19)31-8-4-5-9-31/h6-7,10-14,28H,4-5,8-9,27H2,1-3H3,(H,29,33)(H,30,32). The fourth-order valence-corrected chi connectivity index (χ4v) is 4.79. The van der Waals surface area contributed by atoms with E-state index < -0.39 is 5.54 Å². The Morgan fingerprint density at radius 3 is 2.55 bits per heavy atom. The van der Waals surface area contributed by atoms with Gasteiger partial charge < -0.3 is 25.9 Å². The van der Waals surface area contributed by atoms with Gasteiger partial charge in [-0.1, -0.05) is 0 Å². The Kier molecular flexibility index (Phi) is 5.01. The van der Waals surface area contributed by atoms with Crippen molar-refractivity contribution in [3.05, 3.63) is 69.6 Å². The Hall–Kier alpha value is -3.58. The minimum Gasteiger partial charge on any atom is -0.371 e. The number of aromatic amines is 2. The third-order valence-corrected chi connectivity index (χ3v) is 6.49. The number of pyridine rings is 1. The topological polar surface area (TPSA) is 107 Å². The van der Waals surface area contributed by atoms with Crippen molar-refractivity contribution < 1.29 is 4.79 Å². The molecule has 170 valence electrons. The Labute approximate surface area is 192 Å². The van der Waals surface area contributed by atoms with Gasteiger partial charge in [-0.25, -0.2) is 0 Å². The van der Waals surface area contributed by atoms with Crippen LogP contribution in [0.15, 0.2) is 47.4 Å². The van der Waals surface area contributed by atoms with Crippen LogP contribution in [-0.4, -0.2) is 29.0 Å². The normalized spacial score (nSPS) is 14.4. The van der Waals surface area contributed by atoms with E-state index in [2.05, 4.69) is 26.3 Å². The molecule has 0 unspecified atom stereocenters. The van der Waals surface area contributed by atoms with Crippen molar-refractivity contribution in [3.8, 4) is 0 Å². The molecule has 7 heteroatoms. The molecule has 2 aromatic heterocycles. The Morgan fingerprint density at radius 1 is 1.06 bits per heavy atom. The van der Waals surface area contributed by atoms with E-state index in [0.717, 1.165) is 64.6 Å². The first-order valence-corrected chi connectivity index (χ1v) is 11.4. The predicted molar refractivity (Wildman–Crippen MR) is 134 cm³/mol. The fourth-order valence-electron chi connectivity index (χ4n) is 4.79. The highest BCUT2D eigenvalue weighted by Crippen LogP contribution is 2.34. The number of amides is 1. The molecule has 1 fully saturated rings. The maximum atomic E-state index is 13.5. The molecule has 0 atom stereocenters. The quantitative estimate of drug-likeness (QED) is 0.376. The summed E-state index contributed by atoms with van der Waals surface area (Å²) in [5.41, 5.74) is 11.6. The lowest BCUT2D eigenvalue weighted by atomic mass is 9.94. The third kappa shape index (κ3) is 3.89. The first-order valence-electron chi connectivity index (χ1n) is 11.4. The van der Waals surface area contributed by atoms with E-state index in [1.807, 2.05) is 51.2 Å². The fraction of sp³-hybridized carbons (Fsp3) is 0.308. The molecule has 1 aliphatic heterocycles. The van der Waals surface area contributed by atoms with E-state index in [0.29, 0.717) is 11.3 Å². The van der Waals surface area contributed by atoms with Gasteiger partial charge in [-0.3, -0.25) is 9.59 Å². The number of hydrogen-bond acceptors (Lipinski definition) is 4. The van der Waals surface area contributed by atoms with Gasteiger partial charge in [0.15, 0.2) is 0 Å². The van der Waals surface area contributed by atoms with Gasteiger partial charge in [-0.05, 0) is 75.1 Å². The molecule has 0 saturated carbocycles. The molecule has 0 spiro atoms. The Morgan fingerprint density at radius 2 is 1.82 bits per heavy atom. The van der Waals surface area contributed by atoms with Crippen LogP contribution in [0.4, 0.5) is 11.4 Å². The number of fused-ring (bicyclic) bond motifs is 2. The van der Waals surface area contributed by atoms with Crippen LogP contribution in [0.1, 0.15) is 48.2 Å². The number of anilines is 2. The second-order valence-corrected chi connectivity index (χ2v) is 9.56. The summed E-state index contributed by atoms with van der Waals surface area (Å²) in [5.74, 6) is -0.164.